The first kappa shape index (κ1) is 24.6. The Kier molecular flexibility index (Phi) is 10.3. The summed E-state index contributed by atoms with van der Waals surface area (Å²) in [6.07, 6.45) is -8.31. The van der Waals surface area contributed by atoms with Gasteiger partial charge in [0.2, 0.25) is 0 Å². The van der Waals surface area contributed by atoms with Gasteiger partial charge >= 0.3 is 24.3 Å². The van der Waals surface area contributed by atoms with Gasteiger partial charge in [0.1, 0.15) is 0 Å². The molecule has 2 heterocycles. The molecule has 1 aliphatic heterocycles. The predicted octanol–water partition coefficient (Wildman–Crippen LogP) is 1.75. The van der Waals surface area contributed by atoms with E-state index in [1.54, 1.807) is 0 Å². The number of hydrogen-bond acceptors (Lipinski definition) is 5. The third kappa shape index (κ3) is 12.6. The van der Waals surface area contributed by atoms with Gasteiger partial charge in [-0.1, -0.05) is 6.07 Å². The molecule has 0 saturated carbocycles. The van der Waals surface area contributed by atoms with Crippen LogP contribution in [0.25, 0.3) is 0 Å². The zero-order valence-electron chi connectivity index (χ0n) is 13.7. The van der Waals surface area contributed by atoms with Gasteiger partial charge in [0, 0.05) is 38.9 Å². The van der Waals surface area contributed by atoms with E-state index in [1.165, 1.54) is 5.69 Å². The minimum Gasteiger partial charge on any atom is -0.475 e. The van der Waals surface area contributed by atoms with Gasteiger partial charge in [-0.25, -0.2) is 9.59 Å². The number of nitrogens with zero attached hydrogens (tertiary/aromatic N) is 2. The molecule has 0 radical (unpaired) electrons. The van der Waals surface area contributed by atoms with Crippen LogP contribution in [0.15, 0.2) is 24.4 Å². The maximum atomic E-state index is 10.6. The van der Waals surface area contributed by atoms with Gasteiger partial charge in [-0.05, 0) is 12.1 Å². The van der Waals surface area contributed by atoms with Gasteiger partial charge in [-0.3, -0.25) is 9.88 Å². The van der Waals surface area contributed by atoms with E-state index in [4.69, 9.17) is 19.8 Å². The number of hydrogen-bond donors (Lipinski definition) is 3. The van der Waals surface area contributed by atoms with Crippen molar-refractivity contribution >= 4 is 11.9 Å². The van der Waals surface area contributed by atoms with Crippen molar-refractivity contribution in [1.82, 2.24) is 15.2 Å². The summed E-state index contributed by atoms with van der Waals surface area (Å²) in [6.45, 7) is 5.47. The van der Waals surface area contributed by atoms with Crippen molar-refractivity contribution < 1.29 is 46.1 Å². The number of carboxylic acids is 2. The number of piperazine rings is 1. The summed E-state index contributed by atoms with van der Waals surface area (Å²) in [7, 11) is 0. The number of aromatic nitrogens is 1. The third-order valence-corrected chi connectivity index (χ3v) is 2.81. The maximum Gasteiger partial charge on any atom is 0.490 e. The van der Waals surface area contributed by atoms with Crippen LogP contribution in [0.1, 0.15) is 5.69 Å². The molecule has 27 heavy (non-hydrogen) atoms. The number of pyridine rings is 1. The van der Waals surface area contributed by atoms with Crippen LogP contribution in [0.5, 0.6) is 0 Å². The summed E-state index contributed by atoms with van der Waals surface area (Å²) in [5.41, 5.74) is 1.17. The molecule has 154 valence electrons. The van der Waals surface area contributed by atoms with Crippen molar-refractivity contribution in [2.24, 2.45) is 0 Å². The fraction of sp³-hybridized carbons (Fsp3) is 0.500. The number of aliphatic carboxylic acids is 2. The molecule has 1 aliphatic rings. The summed E-state index contributed by atoms with van der Waals surface area (Å²) in [5.74, 6) is -5.51. The van der Waals surface area contributed by atoms with Crippen LogP contribution < -0.4 is 5.32 Å². The Morgan fingerprint density at radius 2 is 1.44 bits per heavy atom. The molecule has 0 unspecified atom stereocenters. The lowest BCUT2D eigenvalue weighted by molar-refractivity contribution is -0.193. The van der Waals surface area contributed by atoms with Gasteiger partial charge < -0.3 is 15.5 Å². The molecular weight excluding hydrogens is 388 g/mol. The van der Waals surface area contributed by atoms with Gasteiger partial charge in [-0.15, -0.1) is 0 Å². The van der Waals surface area contributed by atoms with Gasteiger partial charge in [0.25, 0.3) is 0 Å². The van der Waals surface area contributed by atoms with Gasteiger partial charge in [0.15, 0.2) is 0 Å². The minimum atomic E-state index is -5.08. The normalized spacial score (nSPS) is 14.9. The van der Waals surface area contributed by atoms with Crippen molar-refractivity contribution in [3.05, 3.63) is 30.1 Å². The lowest BCUT2D eigenvalue weighted by Crippen LogP contribution is -2.43. The number of nitrogens with one attached hydrogen (secondary N) is 1. The molecule has 1 aromatic heterocycles. The topological polar surface area (TPSA) is 103 Å². The number of halogens is 6. The molecular formula is C14H17F6N3O4. The minimum absolute atomic E-state index is 0.989. The summed E-state index contributed by atoms with van der Waals surface area (Å²) >= 11 is 0. The van der Waals surface area contributed by atoms with E-state index in [-0.39, 0.29) is 0 Å². The monoisotopic (exact) mass is 405 g/mol. The molecule has 1 saturated heterocycles. The van der Waals surface area contributed by atoms with E-state index in [2.05, 4.69) is 21.3 Å². The molecule has 0 aromatic carbocycles. The fourth-order valence-electron chi connectivity index (χ4n) is 1.59. The number of carbonyl (C=O) groups is 2. The van der Waals surface area contributed by atoms with Crippen molar-refractivity contribution in [1.29, 1.82) is 0 Å². The predicted molar refractivity (Wildman–Crippen MR) is 79.8 cm³/mol. The van der Waals surface area contributed by atoms with Crippen molar-refractivity contribution in [2.75, 3.05) is 26.2 Å². The van der Waals surface area contributed by atoms with E-state index in [9.17, 15) is 26.3 Å². The van der Waals surface area contributed by atoms with E-state index >= 15 is 0 Å². The van der Waals surface area contributed by atoms with Crippen LogP contribution in [0.2, 0.25) is 0 Å². The van der Waals surface area contributed by atoms with Crippen LogP contribution in [0.3, 0.4) is 0 Å². The fourth-order valence-corrected chi connectivity index (χ4v) is 1.59. The zero-order valence-corrected chi connectivity index (χ0v) is 13.7. The van der Waals surface area contributed by atoms with Gasteiger partial charge in [0.05, 0.1) is 5.69 Å². The summed E-state index contributed by atoms with van der Waals surface area (Å²) in [4.78, 5) is 24.5. The van der Waals surface area contributed by atoms with Gasteiger partial charge in [-0.2, -0.15) is 26.3 Å². The quantitative estimate of drug-likeness (QED) is 0.645. The zero-order chi connectivity index (χ0) is 21.1. The van der Waals surface area contributed by atoms with Crippen molar-refractivity contribution in [2.45, 2.75) is 18.9 Å². The van der Waals surface area contributed by atoms with Crippen LogP contribution in [-0.4, -0.2) is 70.6 Å². The molecule has 7 nitrogen and oxygen atoms in total. The first-order valence-corrected chi connectivity index (χ1v) is 7.27. The molecule has 3 N–H and O–H groups in total. The van der Waals surface area contributed by atoms with Crippen molar-refractivity contribution in [3.8, 4) is 0 Å². The molecule has 0 aliphatic carbocycles. The Hall–Kier alpha value is -2.41. The van der Waals surface area contributed by atoms with Crippen LogP contribution in [0, 0.1) is 0 Å². The van der Waals surface area contributed by atoms with Crippen LogP contribution >= 0.6 is 0 Å². The van der Waals surface area contributed by atoms with E-state index in [0.29, 0.717) is 0 Å². The lowest BCUT2D eigenvalue weighted by atomic mass is 10.3. The molecule has 0 bridgehead atoms. The molecule has 13 heteroatoms. The number of carboxylic acid groups (broad SMARTS) is 2. The summed E-state index contributed by atoms with van der Waals surface area (Å²) in [6, 6.07) is 6.09. The van der Waals surface area contributed by atoms with Crippen LogP contribution in [0.4, 0.5) is 26.3 Å². The largest absolute Gasteiger partial charge is 0.490 e. The summed E-state index contributed by atoms with van der Waals surface area (Å²) < 4.78 is 63.5. The van der Waals surface area contributed by atoms with Crippen molar-refractivity contribution in [3.63, 3.8) is 0 Å². The lowest BCUT2D eigenvalue weighted by Gasteiger charge is -2.26. The molecule has 1 fully saturated rings. The maximum absolute atomic E-state index is 10.6. The highest BCUT2D eigenvalue weighted by Crippen LogP contribution is 2.13. The highest BCUT2D eigenvalue weighted by Gasteiger charge is 2.38. The molecule has 2 rings (SSSR count). The Labute approximate surface area is 149 Å². The molecule has 1 aromatic rings. The Balaban J connectivity index is 0.000000416. The van der Waals surface area contributed by atoms with E-state index in [0.717, 1.165) is 32.7 Å². The van der Waals surface area contributed by atoms with E-state index in [1.807, 2.05) is 18.3 Å². The Morgan fingerprint density at radius 3 is 1.78 bits per heavy atom. The highest BCUT2D eigenvalue weighted by atomic mass is 19.4. The number of rotatable bonds is 2. The number of alkyl halides is 6. The average molecular weight is 405 g/mol. The second-order valence-corrected chi connectivity index (χ2v) is 4.95. The Bertz CT molecular complexity index is 550. The smallest absolute Gasteiger partial charge is 0.475 e. The first-order chi connectivity index (χ1) is 12.3. The van der Waals surface area contributed by atoms with Crippen LogP contribution in [-0.2, 0) is 16.1 Å². The molecule has 0 amide bonds. The second-order valence-electron chi connectivity index (χ2n) is 4.95. The third-order valence-electron chi connectivity index (χ3n) is 2.81. The first-order valence-electron chi connectivity index (χ1n) is 7.27. The second kappa shape index (κ2) is 11.3. The molecule has 0 spiro atoms. The SMILES string of the molecule is O=C(O)C(F)(F)F.O=C(O)C(F)(F)F.c1ccc(CN2CCNCC2)nc1. The Morgan fingerprint density at radius 1 is 1.00 bits per heavy atom. The summed E-state index contributed by atoms with van der Waals surface area (Å²) in [5, 5.41) is 17.6. The highest BCUT2D eigenvalue weighted by molar-refractivity contribution is 5.73. The van der Waals surface area contributed by atoms with E-state index < -0.39 is 24.3 Å². The standard InChI is InChI=1S/C10H15N3.2C2HF3O2/c1-2-4-12-10(3-1)9-13-7-5-11-6-8-13;2*3-2(4,5)1(6)7/h1-4,11H,5-9H2;2*(H,6,7). The molecule has 0 atom stereocenters. The average Bonchev–Trinajstić information content (AvgIpc) is 2.56.